The van der Waals surface area contributed by atoms with Crippen molar-refractivity contribution in [1.82, 2.24) is 9.97 Å². The SMILES string of the molecule is CCN(C(=O)Cc1csc(Cc2cccc(Cl)c2)n1)c1nc2ccccc2s1. The van der Waals surface area contributed by atoms with Crippen molar-refractivity contribution in [2.75, 3.05) is 11.4 Å². The van der Waals surface area contributed by atoms with E-state index in [9.17, 15) is 4.79 Å². The summed E-state index contributed by atoms with van der Waals surface area (Å²) in [6.45, 7) is 2.55. The van der Waals surface area contributed by atoms with Gasteiger partial charge in [-0.2, -0.15) is 0 Å². The van der Waals surface area contributed by atoms with E-state index in [0.29, 0.717) is 6.54 Å². The van der Waals surface area contributed by atoms with Gasteiger partial charge in [0.25, 0.3) is 0 Å². The van der Waals surface area contributed by atoms with E-state index in [1.54, 1.807) is 27.6 Å². The van der Waals surface area contributed by atoms with Crippen LogP contribution in [0.1, 0.15) is 23.2 Å². The van der Waals surface area contributed by atoms with Crippen LogP contribution in [0.5, 0.6) is 0 Å². The highest BCUT2D eigenvalue weighted by atomic mass is 35.5. The number of thiazole rings is 2. The summed E-state index contributed by atoms with van der Waals surface area (Å²) in [5.74, 6) is 0.0150. The summed E-state index contributed by atoms with van der Waals surface area (Å²) in [5.41, 5.74) is 2.84. The Balaban J connectivity index is 1.47. The highest BCUT2D eigenvalue weighted by molar-refractivity contribution is 7.22. The van der Waals surface area contributed by atoms with Gasteiger partial charge in [-0.25, -0.2) is 9.97 Å². The first-order valence-corrected chi connectivity index (χ1v) is 11.0. The zero-order valence-corrected chi connectivity index (χ0v) is 17.7. The van der Waals surface area contributed by atoms with Crippen LogP contribution >= 0.6 is 34.3 Å². The van der Waals surface area contributed by atoms with Crippen LogP contribution in [0.25, 0.3) is 10.2 Å². The summed E-state index contributed by atoms with van der Waals surface area (Å²) < 4.78 is 1.08. The number of likely N-dealkylation sites (N-methyl/N-ethyl adjacent to an activating group) is 1. The van der Waals surface area contributed by atoms with Crippen molar-refractivity contribution >= 4 is 55.5 Å². The first-order valence-electron chi connectivity index (χ1n) is 8.96. The molecule has 2 heterocycles. The number of anilines is 1. The minimum atomic E-state index is 0.0150. The van der Waals surface area contributed by atoms with Gasteiger partial charge in [0.1, 0.15) is 0 Å². The summed E-state index contributed by atoms with van der Waals surface area (Å²) in [6, 6.07) is 15.7. The van der Waals surface area contributed by atoms with Gasteiger partial charge in [0, 0.05) is 23.4 Å². The molecule has 0 N–H and O–H groups in total. The first-order chi connectivity index (χ1) is 13.6. The molecule has 0 fully saturated rings. The zero-order valence-electron chi connectivity index (χ0n) is 15.3. The molecule has 2 aromatic carbocycles. The van der Waals surface area contributed by atoms with Crippen LogP contribution in [0.3, 0.4) is 0 Å². The third kappa shape index (κ3) is 4.24. The Morgan fingerprint density at radius 3 is 2.79 bits per heavy atom. The number of fused-ring (bicyclic) bond motifs is 1. The average Bonchev–Trinajstić information content (AvgIpc) is 3.29. The number of hydrogen-bond donors (Lipinski definition) is 0. The predicted molar refractivity (Wildman–Crippen MR) is 118 cm³/mol. The zero-order chi connectivity index (χ0) is 19.5. The highest BCUT2D eigenvalue weighted by Crippen LogP contribution is 2.29. The third-order valence-electron chi connectivity index (χ3n) is 4.31. The number of nitrogens with zero attached hydrogens (tertiary/aromatic N) is 3. The lowest BCUT2D eigenvalue weighted by Crippen LogP contribution is -2.32. The standard InChI is InChI=1S/C21H18ClN3OS2/c1-2-25(21-24-17-8-3-4-9-18(17)28-21)20(26)12-16-13-27-19(23-16)11-14-6-5-7-15(22)10-14/h3-10,13H,2,11-12H2,1H3. The summed E-state index contributed by atoms with van der Waals surface area (Å²) in [6.07, 6.45) is 0.991. The van der Waals surface area contributed by atoms with E-state index in [1.165, 1.54) is 0 Å². The van der Waals surface area contributed by atoms with Crippen molar-refractivity contribution in [2.45, 2.75) is 19.8 Å². The Kier molecular flexibility index (Phi) is 5.71. The molecule has 0 radical (unpaired) electrons. The molecule has 0 spiro atoms. The maximum absolute atomic E-state index is 12.9. The molecule has 2 aromatic heterocycles. The minimum absolute atomic E-state index is 0.0150. The number of halogens is 1. The van der Waals surface area contributed by atoms with E-state index in [0.717, 1.165) is 43.1 Å². The minimum Gasteiger partial charge on any atom is -0.288 e. The normalized spacial score (nSPS) is 11.1. The van der Waals surface area contributed by atoms with Gasteiger partial charge in [-0.3, -0.25) is 9.69 Å². The Morgan fingerprint density at radius 1 is 1.14 bits per heavy atom. The summed E-state index contributed by atoms with van der Waals surface area (Å²) in [5, 5.41) is 4.40. The Bertz CT molecular complexity index is 1090. The number of amides is 1. The molecule has 0 aliphatic rings. The quantitative estimate of drug-likeness (QED) is 0.402. The number of rotatable bonds is 6. The molecule has 0 saturated carbocycles. The molecule has 0 atom stereocenters. The highest BCUT2D eigenvalue weighted by Gasteiger charge is 2.19. The second-order valence-electron chi connectivity index (χ2n) is 6.32. The number of para-hydroxylation sites is 1. The van der Waals surface area contributed by atoms with Crippen molar-refractivity contribution in [2.24, 2.45) is 0 Å². The largest absolute Gasteiger partial charge is 0.288 e. The van der Waals surface area contributed by atoms with Crippen molar-refractivity contribution < 1.29 is 4.79 Å². The van der Waals surface area contributed by atoms with E-state index < -0.39 is 0 Å². The van der Waals surface area contributed by atoms with Crippen molar-refractivity contribution in [3.63, 3.8) is 0 Å². The van der Waals surface area contributed by atoms with Gasteiger partial charge in [-0.1, -0.05) is 47.2 Å². The van der Waals surface area contributed by atoms with Crippen LogP contribution in [0.4, 0.5) is 5.13 Å². The molecule has 0 saturated heterocycles. The third-order valence-corrected chi connectivity index (χ3v) is 6.50. The maximum Gasteiger partial charge on any atom is 0.234 e. The summed E-state index contributed by atoms with van der Waals surface area (Å²) >= 11 is 9.17. The molecule has 4 rings (SSSR count). The molecule has 7 heteroatoms. The number of carbonyl (C=O) groups excluding carboxylic acids is 1. The van der Waals surface area contributed by atoms with Gasteiger partial charge in [0.2, 0.25) is 5.91 Å². The fourth-order valence-electron chi connectivity index (χ4n) is 2.98. The monoisotopic (exact) mass is 427 g/mol. The Labute approximate surface area is 176 Å². The molecule has 0 aliphatic heterocycles. The van der Waals surface area contributed by atoms with E-state index in [-0.39, 0.29) is 12.3 Å². The average molecular weight is 428 g/mol. The lowest BCUT2D eigenvalue weighted by molar-refractivity contribution is -0.118. The van der Waals surface area contributed by atoms with Gasteiger partial charge in [0.15, 0.2) is 5.13 Å². The lowest BCUT2D eigenvalue weighted by Gasteiger charge is -2.16. The summed E-state index contributed by atoms with van der Waals surface area (Å²) in [7, 11) is 0. The van der Waals surface area contributed by atoms with Crippen molar-refractivity contribution in [3.8, 4) is 0 Å². The smallest absolute Gasteiger partial charge is 0.234 e. The molecular weight excluding hydrogens is 410 g/mol. The molecule has 142 valence electrons. The molecule has 0 unspecified atom stereocenters. The van der Waals surface area contributed by atoms with Crippen molar-refractivity contribution in [1.29, 1.82) is 0 Å². The van der Waals surface area contributed by atoms with Gasteiger partial charge < -0.3 is 0 Å². The summed E-state index contributed by atoms with van der Waals surface area (Å²) in [4.78, 5) is 23.9. The topological polar surface area (TPSA) is 46.1 Å². The second kappa shape index (κ2) is 8.39. The van der Waals surface area contributed by atoms with Gasteiger partial charge in [0.05, 0.1) is 27.3 Å². The molecule has 4 aromatic rings. The van der Waals surface area contributed by atoms with E-state index >= 15 is 0 Å². The van der Waals surface area contributed by atoms with Crippen LogP contribution < -0.4 is 4.90 Å². The molecular formula is C21H18ClN3OS2. The van der Waals surface area contributed by atoms with Gasteiger partial charge in [-0.15, -0.1) is 11.3 Å². The van der Waals surface area contributed by atoms with E-state index in [4.69, 9.17) is 11.6 Å². The van der Waals surface area contributed by atoms with Crippen molar-refractivity contribution in [3.05, 3.63) is 75.2 Å². The van der Waals surface area contributed by atoms with Crippen LogP contribution in [-0.4, -0.2) is 22.4 Å². The van der Waals surface area contributed by atoms with Crippen LogP contribution in [0.15, 0.2) is 53.9 Å². The Hall–Kier alpha value is -2.28. The first kappa shape index (κ1) is 19.1. The molecule has 0 aliphatic carbocycles. The number of aromatic nitrogens is 2. The molecule has 4 nitrogen and oxygen atoms in total. The van der Waals surface area contributed by atoms with Crippen LogP contribution in [0, 0.1) is 0 Å². The fraction of sp³-hybridized carbons (Fsp3) is 0.190. The molecule has 1 amide bonds. The number of carbonyl (C=O) groups is 1. The van der Waals surface area contributed by atoms with Crippen LogP contribution in [-0.2, 0) is 17.6 Å². The molecule has 0 bridgehead atoms. The van der Waals surface area contributed by atoms with Gasteiger partial charge in [-0.05, 0) is 36.8 Å². The second-order valence-corrected chi connectivity index (χ2v) is 8.71. The number of hydrogen-bond acceptors (Lipinski definition) is 5. The van der Waals surface area contributed by atoms with E-state index in [1.807, 2.05) is 60.8 Å². The maximum atomic E-state index is 12.9. The Morgan fingerprint density at radius 2 is 2.00 bits per heavy atom. The van der Waals surface area contributed by atoms with Crippen LogP contribution in [0.2, 0.25) is 5.02 Å². The lowest BCUT2D eigenvalue weighted by atomic mass is 10.2. The van der Waals surface area contributed by atoms with E-state index in [2.05, 4.69) is 9.97 Å². The predicted octanol–water partition coefficient (Wildman–Crippen LogP) is 5.59. The molecule has 28 heavy (non-hydrogen) atoms. The number of benzene rings is 2. The fourth-order valence-corrected chi connectivity index (χ4v) is 5.06. The van der Waals surface area contributed by atoms with Gasteiger partial charge >= 0.3 is 0 Å².